The number of hydrogen-bond donors (Lipinski definition) is 1. The van der Waals surface area contributed by atoms with E-state index >= 15 is 0 Å². The highest BCUT2D eigenvalue weighted by atomic mass is 16.5. The van der Waals surface area contributed by atoms with Crippen LogP contribution in [0.2, 0.25) is 0 Å². The Morgan fingerprint density at radius 3 is 2.32 bits per heavy atom. The Bertz CT molecular complexity index is 822. The number of para-hydroxylation sites is 1. The molecule has 2 aromatic rings. The van der Waals surface area contributed by atoms with E-state index in [1.54, 1.807) is 24.3 Å². The molecule has 1 aliphatic rings. The highest BCUT2D eigenvalue weighted by Gasteiger charge is 2.28. The molecule has 5 heteroatoms. The van der Waals surface area contributed by atoms with Crippen LogP contribution >= 0.6 is 0 Å². The standard InChI is InChI=1S/C23H28N2O3/c1-16-7-4-5-10-21(16)24-23(27)19-11-13-20(14-12-19)28-15-22(26)25-17(2)8-6-9-18(25)3/h4-5,7,10-14,17-18H,6,8-9,15H2,1-3H3,(H,24,27). The van der Waals surface area contributed by atoms with Crippen molar-refractivity contribution in [2.24, 2.45) is 0 Å². The lowest BCUT2D eigenvalue weighted by Crippen LogP contribution is -2.49. The first-order valence-electron chi connectivity index (χ1n) is 9.86. The summed E-state index contributed by atoms with van der Waals surface area (Å²) in [7, 11) is 0. The van der Waals surface area contributed by atoms with Gasteiger partial charge >= 0.3 is 0 Å². The molecule has 1 aliphatic heterocycles. The summed E-state index contributed by atoms with van der Waals surface area (Å²) in [6.07, 6.45) is 3.25. The Morgan fingerprint density at radius 1 is 1.04 bits per heavy atom. The third-order valence-corrected chi connectivity index (χ3v) is 5.35. The Labute approximate surface area is 166 Å². The Hall–Kier alpha value is -2.82. The Kier molecular flexibility index (Phi) is 6.34. The highest BCUT2D eigenvalue weighted by Crippen LogP contribution is 2.23. The third-order valence-electron chi connectivity index (χ3n) is 5.35. The van der Waals surface area contributed by atoms with Gasteiger partial charge in [-0.3, -0.25) is 9.59 Å². The molecule has 2 atom stereocenters. The first kappa shape index (κ1) is 19.9. The predicted molar refractivity (Wildman–Crippen MR) is 111 cm³/mol. The predicted octanol–water partition coefficient (Wildman–Crippen LogP) is 4.42. The van der Waals surface area contributed by atoms with Crippen LogP contribution in [0.4, 0.5) is 5.69 Å². The number of carbonyl (C=O) groups is 2. The van der Waals surface area contributed by atoms with Gasteiger partial charge in [0.2, 0.25) is 0 Å². The second kappa shape index (κ2) is 8.91. The molecule has 2 aromatic carbocycles. The van der Waals surface area contributed by atoms with Crippen molar-refractivity contribution in [2.75, 3.05) is 11.9 Å². The van der Waals surface area contributed by atoms with Crippen LogP contribution in [-0.4, -0.2) is 35.4 Å². The number of benzene rings is 2. The Balaban J connectivity index is 1.56. The van der Waals surface area contributed by atoms with E-state index < -0.39 is 0 Å². The lowest BCUT2D eigenvalue weighted by Gasteiger charge is -2.38. The maximum atomic E-state index is 12.5. The van der Waals surface area contributed by atoms with Crippen LogP contribution in [0.5, 0.6) is 5.75 Å². The van der Waals surface area contributed by atoms with E-state index in [-0.39, 0.29) is 30.5 Å². The fourth-order valence-electron chi connectivity index (χ4n) is 3.74. The van der Waals surface area contributed by atoms with Crippen LogP contribution in [0.15, 0.2) is 48.5 Å². The number of aryl methyl sites for hydroxylation is 1. The fourth-order valence-corrected chi connectivity index (χ4v) is 3.74. The van der Waals surface area contributed by atoms with Gasteiger partial charge in [0, 0.05) is 23.3 Å². The summed E-state index contributed by atoms with van der Waals surface area (Å²) < 4.78 is 5.67. The Morgan fingerprint density at radius 2 is 1.68 bits per heavy atom. The molecular formula is C23H28N2O3. The monoisotopic (exact) mass is 380 g/mol. The molecule has 148 valence electrons. The lowest BCUT2D eigenvalue weighted by atomic mass is 9.97. The first-order valence-corrected chi connectivity index (χ1v) is 9.86. The van der Waals surface area contributed by atoms with Crippen LogP contribution < -0.4 is 10.1 Å². The summed E-state index contributed by atoms with van der Waals surface area (Å²) in [6.45, 7) is 6.15. The van der Waals surface area contributed by atoms with Crippen molar-refractivity contribution in [1.82, 2.24) is 4.90 Å². The van der Waals surface area contributed by atoms with Gasteiger partial charge in [-0.15, -0.1) is 0 Å². The summed E-state index contributed by atoms with van der Waals surface area (Å²) in [4.78, 5) is 26.9. The summed E-state index contributed by atoms with van der Waals surface area (Å²) in [5.41, 5.74) is 2.35. The molecule has 1 N–H and O–H groups in total. The zero-order chi connectivity index (χ0) is 20.1. The number of rotatable bonds is 5. The molecule has 28 heavy (non-hydrogen) atoms. The summed E-state index contributed by atoms with van der Waals surface area (Å²) in [6, 6.07) is 15.0. The van der Waals surface area contributed by atoms with Crippen LogP contribution in [0.1, 0.15) is 49.0 Å². The maximum Gasteiger partial charge on any atom is 0.260 e. The molecule has 2 unspecified atom stereocenters. The van der Waals surface area contributed by atoms with Gasteiger partial charge in [-0.2, -0.15) is 0 Å². The number of piperidine rings is 1. The second-order valence-electron chi connectivity index (χ2n) is 7.51. The number of ether oxygens (including phenoxy) is 1. The number of carbonyl (C=O) groups excluding carboxylic acids is 2. The molecule has 0 aromatic heterocycles. The van der Waals surface area contributed by atoms with Gasteiger partial charge in [-0.25, -0.2) is 0 Å². The number of nitrogens with one attached hydrogen (secondary N) is 1. The molecule has 1 fully saturated rings. The molecule has 2 amide bonds. The van der Waals surface area contributed by atoms with E-state index in [4.69, 9.17) is 4.74 Å². The molecule has 0 bridgehead atoms. The number of likely N-dealkylation sites (tertiary alicyclic amines) is 1. The molecule has 0 spiro atoms. The first-order chi connectivity index (χ1) is 13.5. The van der Waals surface area contributed by atoms with E-state index in [0.717, 1.165) is 24.1 Å². The van der Waals surface area contributed by atoms with Gasteiger partial charge < -0.3 is 15.0 Å². The molecule has 3 rings (SSSR count). The minimum absolute atomic E-state index is 0.0149. The molecule has 1 saturated heterocycles. The normalized spacial score (nSPS) is 19.2. The largest absolute Gasteiger partial charge is 0.484 e. The zero-order valence-electron chi connectivity index (χ0n) is 16.8. The van der Waals surface area contributed by atoms with Crippen molar-refractivity contribution in [1.29, 1.82) is 0 Å². The fraction of sp³-hybridized carbons (Fsp3) is 0.391. The number of nitrogens with zero attached hydrogens (tertiary/aromatic N) is 1. The van der Waals surface area contributed by atoms with Gasteiger partial charge in [0.1, 0.15) is 5.75 Å². The van der Waals surface area contributed by atoms with E-state index in [1.807, 2.05) is 36.1 Å². The molecule has 0 aliphatic carbocycles. The summed E-state index contributed by atoms with van der Waals surface area (Å²) in [5.74, 6) is 0.423. The van der Waals surface area contributed by atoms with Gasteiger partial charge in [-0.05, 0) is 75.9 Å². The smallest absolute Gasteiger partial charge is 0.260 e. The average Bonchev–Trinajstić information content (AvgIpc) is 2.68. The molecule has 0 saturated carbocycles. The summed E-state index contributed by atoms with van der Waals surface area (Å²) in [5, 5.41) is 2.91. The maximum absolute atomic E-state index is 12.5. The van der Waals surface area contributed by atoms with Crippen LogP contribution in [0.3, 0.4) is 0 Å². The van der Waals surface area contributed by atoms with Crippen molar-refractivity contribution in [3.8, 4) is 5.75 Å². The average molecular weight is 380 g/mol. The van der Waals surface area contributed by atoms with E-state index in [0.29, 0.717) is 11.3 Å². The molecular weight excluding hydrogens is 352 g/mol. The van der Waals surface area contributed by atoms with Gasteiger partial charge in [0.25, 0.3) is 11.8 Å². The van der Waals surface area contributed by atoms with Crippen molar-refractivity contribution < 1.29 is 14.3 Å². The van der Waals surface area contributed by atoms with Crippen molar-refractivity contribution in [3.05, 3.63) is 59.7 Å². The van der Waals surface area contributed by atoms with Gasteiger partial charge in [-0.1, -0.05) is 18.2 Å². The lowest BCUT2D eigenvalue weighted by molar-refractivity contribution is -0.139. The zero-order valence-corrected chi connectivity index (χ0v) is 16.8. The van der Waals surface area contributed by atoms with Gasteiger partial charge in [0.15, 0.2) is 6.61 Å². The minimum Gasteiger partial charge on any atom is -0.484 e. The number of anilines is 1. The molecule has 0 radical (unpaired) electrons. The van der Waals surface area contributed by atoms with Crippen molar-refractivity contribution in [2.45, 2.75) is 52.1 Å². The third kappa shape index (κ3) is 4.71. The molecule has 5 nitrogen and oxygen atoms in total. The highest BCUT2D eigenvalue weighted by molar-refractivity contribution is 6.04. The topological polar surface area (TPSA) is 58.6 Å². The minimum atomic E-state index is -0.173. The van der Waals surface area contributed by atoms with Crippen molar-refractivity contribution >= 4 is 17.5 Å². The quantitative estimate of drug-likeness (QED) is 0.836. The SMILES string of the molecule is Cc1ccccc1NC(=O)c1ccc(OCC(=O)N2C(C)CCCC2C)cc1. The van der Waals surface area contributed by atoms with E-state index in [9.17, 15) is 9.59 Å². The summed E-state index contributed by atoms with van der Waals surface area (Å²) >= 11 is 0. The second-order valence-corrected chi connectivity index (χ2v) is 7.51. The van der Waals surface area contributed by atoms with Crippen molar-refractivity contribution in [3.63, 3.8) is 0 Å². The number of hydrogen-bond acceptors (Lipinski definition) is 3. The van der Waals surface area contributed by atoms with Crippen LogP contribution in [0, 0.1) is 6.92 Å². The van der Waals surface area contributed by atoms with Crippen LogP contribution in [-0.2, 0) is 4.79 Å². The van der Waals surface area contributed by atoms with Crippen LogP contribution in [0.25, 0.3) is 0 Å². The van der Waals surface area contributed by atoms with E-state index in [1.165, 1.54) is 6.42 Å². The molecule has 1 heterocycles. The number of amides is 2. The van der Waals surface area contributed by atoms with E-state index in [2.05, 4.69) is 19.2 Å². The van der Waals surface area contributed by atoms with Gasteiger partial charge in [0.05, 0.1) is 0 Å².